The van der Waals surface area contributed by atoms with Crippen LogP contribution in [0.25, 0.3) is 0 Å². The summed E-state index contributed by atoms with van der Waals surface area (Å²) in [7, 11) is 0. The van der Waals surface area contributed by atoms with E-state index in [1.165, 1.54) is 5.56 Å². The quantitative estimate of drug-likeness (QED) is 0.899. The first-order valence-electron chi connectivity index (χ1n) is 7.89. The highest BCUT2D eigenvalue weighted by Gasteiger charge is 2.39. The highest BCUT2D eigenvalue weighted by Crippen LogP contribution is 2.38. The first-order chi connectivity index (χ1) is 10.2. The molecule has 0 aromatic heterocycles. The van der Waals surface area contributed by atoms with Gasteiger partial charge in [0.05, 0.1) is 19.3 Å². The van der Waals surface area contributed by atoms with E-state index in [0.29, 0.717) is 5.92 Å². The fourth-order valence-corrected chi connectivity index (χ4v) is 2.93. The normalized spacial score (nSPS) is 27.1. The Morgan fingerprint density at radius 1 is 1.33 bits per heavy atom. The third-order valence-corrected chi connectivity index (χ3v) is 4.51. The Hall–Kier alpha value is -1.39. The smallest absolute Gasteiger partial charge is 0.223 e. The second kappa shape index (κ2) is 6.58. The van der Waals surface area contributed by atoms with Gasteiger partial charge in [0.15, 0.2) is 0 Å². The third kappa shape index (κ3) is 3.83. The van der Waals surface area contributed by atoms with E-state index in [9.17, 15) is 4.79 Å². The fraction of sp³-hybridized carbons (Fsp3) is 0.588. The summed E-state index contributed by atoms with van der Waals surface area (Å²) in [4.78, 5) is 14.7. The Kier molecular flexibility index (Phi) is 4.56. The van der Waals surface area contributed by atoms with Crippen LogP contribution in [0.3, 0.4) is 0 Å². The van der Waals surface area contributed by atoms with Gasteiger partial charge in [0.2, 0.25) is 5.91 Å². The molecule has 1 aliphatic carbocycles. The summed E-state index contributed by atoms with van der Waals surface area (Å²) in [6.07, 6.45) is 1.03. The first kappa shape index (κ1) is 14.5. The van der Waals surface area contributed by atoms with Gasteiger partial charge in [-0.2, -0.15) is 0 Å². The standard InChI is InChI=1S/C17H24N2O2/c1-13-11-15(13)17(20)18-16(14-5-3-2-4-6-14)12-19-7-9-21-10-8-19/h2-6,13,15-16H,7-12H2,1H3,(H,18,20). The Morgan fingerprint density at radius 3 is 2.62 bits per heavy atom. The number of benzene rings is 1. The summed E-state index contributed by atoms with van der Waals surface area (Å²) < 4.78 is 5.40. The van der Waals surface area contributed by atoms with Crippen LogP contribution in [0.15, 0.2) is 30.3 Å². The van der Waals surface area contributed by atoms with Crippen LogP contribution in [0.2, 0.25) is 0 Å². The molecule has 21 heavy (non-hydrogen) atoms. The van der Waals surface area contributed by atoms with E-state index in [0.717, 1.165) is 39.3 Å². The summed E-state index contributed by atoms with van der Waals surface area (Å²) in [5, 5.41) is 3.25. The largest absolute Gasteiger partial charge is 0.379 e. The van der Waals surface area contributed by atoms with Crippen molar-refractivity contribution >= 4 is 5.91 Å². The molecule has 0 radical (unpaired) electrons. The van der Waals surface area contributed by atoms with Crippen LogP contribution in [0, 0.1) is 11.8 Å². The first-order valence-corrected chi connectivity index (χ1v) is 7.89. The number of nitrogens with zero attached hydrogens (tertiary/aromatic N) is 1. The molecule has 3 rings (SSSR count). The van der Waals surface area contributed by atoms with Crippen molar-refractivity contribution in [3.63, 3.8) is 0 Å². The van der Waals surface area contributed by atoms with Gasteiger partial charge in [0, 0.05) is 25.6 Å². The summed E-state index contributed by atoms with van der Waals surface area (Å²) in [6, 6.07) is 10.4. The molecule has 1 heterocycles. The topological polar surface area (TPSA) is 41.6 Å². The van der Waals surface area contributed by atoms with Gasteiger partial charge in [-0.25, -0.2) is 0 Å². The Morgan fingerprint density at radius 2 is 2.00 bits per heavy atom. The van der Waals surface area contributed by atoms with Crippen LogP contribution in [0.4, 0.5) is 0 Å². The lowest BCUT2D eigenvalue weighted by Gasteiger charge is -2.31. The van der Waals surface area contributed by atoms with Crippen molar-refractivity contribution < 1.29 is 9.53 Å². The van der Waals surface area contributed by atoms with Gasteiger partial charge < -0.3 is 10.1 Å². The molecule has 0 spiro atoms. The van der Waals surface area contributed by atoms with Crippen LogP contribution >= 0.6 is 0 Å². The van der Waals surface area contributed by atoms with Crippen molar-refractivity contribution in [3.05, 3.63) is 35.9 Å². The SMILES string of the molecule is CC1CC1C(=O)NC(CN1CCOCC1)c1ccccc1. The van der Waals surface area contributed by atoms with Crippen molar-refractivity contribution in [1.82, 2.24) is 10.2 Å². The fourth-order valence-electron chi connectivity index (χ4n) is 2.93. The van der Waals surface area contributed by atoms with E-state index in [4.69, 9.17) is 4.74 Å². The lowest BCUT2D eigenvalue weighted by molar-refractivity contribution is -0.123. The molecule has 3 unspecified atom stereocenters. The number of morpholine rings is 1. The van der Waals surface area contributed by atoms with E-state index in [-0.39, 0.29) is 17.9 Å². The number of hydrogen-bond donors (Lipinski definition) is 1. The number of hydrogen-bond acceptors (Lipinski definition) is 3. The van der Waals surface area contributed by atoms with Gasteiger partial charge in [-0.05, 0) is 17.9 Å². The van der Waals surface area contributed by atoms with Crippen molar-refractivity contribution in [1.29, 1.82) is 0 Å². The van der Waals surface area contributed by atoms with E-state index >= 15 is 0 Å². The van der Waals surface area contributed by atoms with E-state index in [2.05, 4.69) is 29.3 Å². The summed E-state index contributed by atoms with van der Waals surface area (Å²) >= 11 is 0. The van der Waals surface area contributed by atoms with Gasteiger partial charge in [-0.1, -0.05) is 37.3 Å². The minimum Gasteiger partial charge on any atom is -0.379 e. The number of rotatable bonds is 5. The molecule has 3 atom stereocenters. The highest BCUT2D eigenvalue weighted by atomic mass is 16.5. The maximum absolute atomic E-state index is 12.3. The second-order valence-corrected chi connectivity index (χ2v) is 6.20. The predicted molar refractivity (Wildman–Crippen MR) is 81.9 cm³/mol. The molecule has 1 aromatic carbocycles. The molecule has 114 valence electrons. The second-order valence-electron chi connectivity index (χ2n) is 6.20. The van der Waals surface area contributed by atoms with Crippen molar-refractivity contribution in [2.45, 2.75) is 19.4 Å². The van der Waals surface area contributed by atoms with Gasteiger partial charge in [-0.3, -0.25) is 9.69 Å². The summed E-state index contributed by atoms with van der Waals surface area (Å²) in [5.41, 5.74) is 1.19. The zero-order chi connectivity index (χ0) is 14.7. The maximum atomic E-state index is 12.3. The molecular formula is C17H24N2O2. The summed E-state index contributed by atoms with van der Waals surface area (Å²) in [5.74, 6) is 0.982. The highest BCUT2D eigenvalue weighted by molar-refractivity contribution is 5.81. The molecule has 1 aliphatic heterocycles. The number of nitrogens with one attached hydrogen (secondary N) is 1. The molecule has 4 heteroatoms. The van der Waals surface area contributed by atoms with Gasteiger partial charge in [0.25, 0.3) is 0 Å². The molecule has 1 N–H and O–H groups in total. The minimum atomic E-state index is 0.0737. The minimum absolute atomic E-state index is 0.0737. The number of ether oxygens (including phenoxy) is 1. The number of carbonyl (C=O) groups excluding carboxylic acids is 1. The van der Waals surface area contributed by atoms with Gasteiger partial charge >= 0.3 is 0 Å². The van der Waals surface area contributed by atoms with E-state index in [1.54, 1.807) is 0 Å². The van der Waals surface area contributed by atoms with Gasteiger partial charge in [-0.15, -0.1) is 0 Å². The predicted octanol–water partition coefficient (Wildman–Crippen LogP) is 1.83. The number of carbonyl (C=O) groups is 1. The molecule has 2 aliphatic rings. The van der Waals surface area contributed by atoms with E-state index < -0.39 is 0 Å². The molecule has 1 aromatic rings. The maximum Gasteiger partial charge on any atom is 0.223 e. The average Bonchev–Trinajstić information content (AvgIpc) is 3.26. The molecule has 1 amide bonds. The van der Waals surface area contributed by atoms with Crippen LogP contribution in [0.1, 0.15) is 24.9 Å². The van der Waals surface area contributed by atoms with Crippen LogP contribution in [0.5, 0.6) is 0 Å². The van der Waals surface area contributed by atoms with E-state index in [1.807, 2.05) is 18.2 Å². The molecule has 2 fully saturated rings. The molecule has 0 bridgehead atoms. The average molecular weight is 288 g/mol. The Balaban J connectivity index is 1.66. The zero-order valence-electron chi connectivity index (χ0n) is 12.6. The Bertz CT molecular complexity index is 471. The van der Waals surface area contributed by atoms with Crippen LogP contribution < -0.4 is 5.32 Å². The Labute approximate surface area is 126 Å². The number of amides is 1. The third-order valence-electron chi connectivity index (χ3n) is 4.51. The molecular weight excluding hydrogens is 264 g/mol. The van der Waals surface area contributed by atoms with Crippen molar-refractivity contribution in [2.24, 2.45) is 11.8 Å². The van der Waals surface area contributed by atoms with Crippen molar-refractivity contribution in [2.75, 3.05) is 32.8 Å². The molecule has 1 saturated heterocycles. The lowest BCUT2D eigenvalue weighted by atomic mass is 10.1. The lowest BCUT2D eigenvalue weighted by Crippen LogP contribution is -2.43. The molecule has 4 nitrogen and oxygen atoms in total. The van der Waals surface area contributed by atoms with Gasteiger partial charge in [0.1, 0.15) is 0 Å². The summed E-state index contributed by atoms with van der Waals surface area (Å²) in [6.45, 7) is 6.46. The van der Waals surface area contributed by atoms with Crippen LogP contribution in [-0.4, -0.2) is 43.7 Å². The monoisotopic (exact) mass is 288 g/mol. The molecule has 1 saturated carbocycles. The van der Waals surface area contributed by atoms with Crippen LogP contribution in [-0.2, 0) is 9.53 Å². The van der Waals surface area contributed by atoms with Crippen molar-refractivity contribution in [3.8, 4) is 0 Å². The zero-order valence-corrected chi connectivity index (χ0v) is 12.6.